The fourth-order valence-electron chi connectivity index (χ4n) is 2.69. The Labute approximate surface area is 145 Å². The summed E-state index contributed by atoms with van der Waals surface area (Å²) in [7, 11) is 0. The summed E-state index contributed by atoms with van der Waals surface area (Å²) in [6.45, 7) is 5.52. The van der Waals surface area contributed by atoms with Crippen LogP contribution in [0.4, 0.5) is 0 Å². The smallest absolute Gasteiger partial charge is 0.319 e. The van der Waals surface area contributed by atoms with Crippen molar-refractivity contribution in [1.82, 2.24) is 4.98 Å². The van der Waals surface area contributed by atoms with Crippen molar-refractivity contribution in [2.45, 2.75) is 30.4 Å². The van der Waals surface area contributed by atoms with Crippen molar-refractivity contribution < 1.29 is 9.90 Å². The van der Waals surface area contributed by atoms with Crippen LogP contribution in [0.15, 0.2) is 59.8 Å². The Balaban J connectivity index is 2.19. The Morgan fingerprint density at radius 1 is 1.04 bits per heavy atom. The molecular formula is C20H19NO2S. The number of thioether (sulfide) groups is 1. The van der Waals surface area contributed by atoms with Crippen LogP contribution in [0.1, 0.15) is 19.4 Å². The first-order valence-electron chi connectivity index (χ1n) is 7.75. The van der Waals surface area contributed by atoms with Crippen LogP contribution < -0.4 is 0 Å². The van der Waals surface area contributed by atoms with Crippen molar-refractivity contribution in [3.63, 3.8) is 0 Å². The number of hydrogen-bond acceptors (Lipinski definition) is 3. The Kier molecular flexibility index (Phi) is 4.33. The number of carboxylic acid groups (broad SMARTS) is 1. The Morgan fingerprint density at radius 2 is 1.75 bits per heavy atom. The summed E-state index contributed by atoms with van der Waals surface area (Å²) in [4.78, 5) is 16.6. The van der Waals surface area contributed by atoms with Gasteiger partial charge < -0.3 is 5.11 Å². The third-order valence-electron chi connectivity index (χ3n) is 4.10. The maximum atomic E-state index is 11.5. The maximum absolute atomic E-state index is 11.5. The summed E-state index contributed by atoms with van der Waals surface area (Å²) in [6.07, 6.45) is 3.50. The van der Waals surface area contributed by atoms with Crippen LogP contribution in [0.5, 0.6) is 0 Å². The Bertz CT molecular complexity index is 918. The second-order valence-electron chi connectivity index (χ2n) is 6.26. The van der Waals surface area contributed by atoms with Gasteiger partial charge in [0.2, 0.25) is 0 Å². The minimum atomic E-state index is -0.918. The fourth-order valence-corrected chi connectivity index (χ4v) is 3.73. The lowest BCUT2D eigenvalue weighted by Crippen LogP contribution is -2.27. The Hall–Kier alpha value is -2.33. The van der Waals surface area contributed by atoms with E-state index in [0.717, 1.165) is 16.0 Å². The number of pyridine rings is 1. The molecule has 3 rings (SSSR count). The van der Waals surface area contributed by atoms with E-state index in [1.165, 1.54) is 28.1 Å². The standard InChI is InChI=1S/C20H19NO2S/c1-13-8-9-16(15-7-5-4-6-14(13)15)17-10-11-21-12-18(17)24-20(2,3)19(22)23/h4-12H,1-3H3,(H,22,23). The van der Waals surface area contributed by atoms with Crippen molar-refractivity contribution in [3.05, 3.63) is 60.4 Å². The number of nitrogens with zero attached hydrogens (tertiary/aromatic N) is 1. The minimum absolute atomic E-state index is 0.837. The molecule has 2 aromatic carbocycles. The topological polar surface area (TPSA) is 50.2 Å². The van der Waals surface area contributed by atoms with Crippen LogP contribution in [-0.4, -0.2) is 20.8 Å². The summed E-state index contributed by atoms with van der Waals surface area (Å²) >= 11 is 1.33. The van der Waals surface area contributed by atoms with E-state index >= 15 is 0 Å². The van der Waals surface area contributed by atoms with Crippen molar-refractivity contribution >= 4 is 28.5 Å². The fraction of sp³-hybridized carbons (Fsp3) is 0.200. The second kappa shape index (κ2) is 6.29. The van der Waals surface area contributed by atoms with Gasteiger partial charge in [-0.3, -0.25) is 9.78 Å². The van der Waals surface area contributed by atoms with Gasteiger partial charge in [0.25, 0.3) is 0 Å². The lowest BCUT2D eigenvalue weighted by molar-refractivity contribution is -0.138. The molecule has 3 aromatic rings. The molecule has 0 aliphatic rings. The van der Waals surface area contributed by atoms with Gasteiger partial charge in [-0.1, -0.05) is 36.4 Å². The summed E-state index contributed by atoms with van der Waals surface area (Å²) in [5, 5.41) is 11.8. The van der Waals surface area contributed by atoms with E-state index in [4.69, 9.17) is 0 Å². The number of benzene rings is 2. The molecule has 24 heavy (non-hydrogen) atoms. The van der Waals surface area contributed by atoms with E-state index in [9.17, 15) is 9.90 Å². The molecule has 1 N–H and O–H groups in total. The lowest BCUT2D eigenvalue weighted by Gasteiger charge is -2.20. The third kappa shape index (κ3) is 3.02. The van der Waals surface area contributed by atoms with Gasteiger partial charge in [0.05, 0.1) is 0 Å². The lowest BCUT2D eigenvalue weighted by atomic mass is 9.96. The van der Waals surface area contributed by atoms with E-state index in [2.05, 4.69) is 36.2 Å². The van der Waals surface area contributed by atoms with Crippen molar-refractivity contribution in [3.8, 4) is 11.1 Å². The SMILES string of the molecule is Cc1ccc(-c2ccncc2SC(C)(C)C(=O)O)c2ccccc12. The number of aromatic nitrogens is 1. The van der Waals surface area contributed by atoms with Gasteiger partial charge in [-0.2, -0.15) is 0 Å². The van der Waals surface area contributed by atoms with Gasteiger partial charge in [0.15, 0.2) is 0 Å². The number of carbonyl (C=O) groups is 1. The molecule has 0 fully saturated rings. The summed E-state index contributed by atoms with van der Waals surface area (Å²) < 4.78 is -0.918. The maximum Gasteiger partial charge on any atom is 0.319 e. The van der Waals surface area contributed by atoms with Crippen LogP contribution >= 0.6 is 11.8 Å². The minimum Gasteiger partial charge on any atom is -0.480 e. The summed E-state index contributed by atoms with van der Waals surface area (Å²) in [5.74, 6) is -0.837. The third-order valence-corrected chi connectivity index (χ3v) is 5.33. The van der Waals surface area contributed by atoms with Gasteiger partial charge >= 0.3 is 5.97 Å². The van der Waals surface area contributed by atoms with Crippen LogP contribution in [0.3, 0.4) is 0 Å². The number of aliphatic carboxylic acids is 1. The number of carboxylic acids is 1. The predicted molar refractivity (Wildman–Crippen MR) is 99.5 cm³/mol. The zero-order valence-corrected chi connectivity index (χ0v) is 14.7. The van der Waals surface area contributed by atoms with Crippen molar-refractivity contribution in [2.24, 2.45) is 0 Å². The van der Waals surface area contributed by atoms with Crippen molar-refractivity contribution in [2.75, 3.05) is 0 Å². The normalized spacial score (nSPS) is 11.6. The van der Waals surface area contributed by atoms with Crippen LogP contribution in [-0.2, 0) is 4.79 Å². The molecule has 0 saturated heterocycles. The summed E-state index contributed by atoms with van der Waals surface area (Å²) in [5.41, 5.74) is 3.34. The molecule has 1 aromatic heterocycles. The molecule has 3 nitrogen and oxygen atoms in total. The summed E-state index contributed by atoms with van der Waals surface area (Å²) in [6, 6.07) is 14.4. The monoisotopic (exact) mass is 337 g/mol. The molecule has 4 heteroatoms. The molecule has 0 atom stereocenters. The molecule has 0 unspecified atom stereocenters. The van der Waals surface area contributed by atoms with Gasteiger partial charge in [-0.25, -0.2) is 0 Å². The highest BCUT2D eigenvalue weighted by atomic mass is 32.2. The van der Waals surface area contributed by atoms with Gasteiger partial charge in [-0.05, 0) is 54.3 Å². The Morgan fingerprint density at radius 3 is 2.46 bits per heavy atom. The second-order valence-corrected chi connectivity index (χ2v) is 7.93. The number of aryl methyl sites for hydroxylation is 1. The predicted octanol–water partition coefficient (Wildman–Crippen LogP) is 5.17. The molecule has 0 radical (unpaired) electrons. The molecule has 1 heterocycles. The highest BCUT2D eigenvalue weighted by Gasteiger charge is 2.29. The van der Waals surface area contributed by atoms with E-state index in [0.29, 0.717) is 0 Å². The first-order chi connectivity index (χ1) is 11.4. The number of hydrogen-bond donors (Lipinski definition) is 1. The van der Waals surface area contributed by atoms with Gasteiger partial charge in [-0.15, -0.1) is 11.8 Å². The number of fused-ring (bicyclic) bond motifs is 1. The van der Waals surface area contributed by atoms with Crippen LogP contribution in [0, 0.1) is 6.92 Å². The molecule has 0 aliphatic heterocycles. The average molecular weight is 337 g/mol. The van der Waals surface area contributed by atoms with Crippen LogP contribution in [0.2, 0.25) is 0 Å². The van der Waals surface area contributed by atoms with Gasteiger partial charge in [0, 0.05) is 17.3 Å². The highest BCUT2D eigenvalue weighted by molar-refractivity contribution is 8.01. The molecule has 0 aliphatic carbocycles. The van der Waals surface area contributed by atoms with E-state index < -0.39 is 10.7 Å². The largest absolute Gasteiger partial charge is 0.480 e. The van der Waals surface area contributed by atoms with E-state index in [-0.39, 0.29) is 0 Å². The highest BCUT2D eigenvalue weighted by Crippen LogP contribution is 2.40. The first-order valence-corrected chi connectivity index (χ1v) is 8.57. The van der Waals surface area contributed by atoms with Crippen LogP contribution in [0.25, 0.3) is 21.9 Å². The molecule has 0 bridgehead atoms. The molecule has 0 amide bonds. The van der Waals surface area contributed by atoms with E-state index in [1.54, 1.807) is 26.2 Å². The quantitative estimate of drug-likeness (QED) is 0.668. The zero-order chi connectivity index (χ0) is 17.3. The molecule has 122 valence electrons. The average Bonchev–Trinajstić information content (AvgIpc) is 2.56. The molecule has 0 saturated carbocycles. The molecule has 0 spiro atoms. The van der Waals surface area contributed by atoms with E-state index in [1.807, 2.05) is 18.2 Å². The van der Waals surface area contributed by atoms with Crippen molar-refractivity contribution in [1.29, 1.82) is 0 Å². The van der Waals surface area contributed by atoms with Gasteiger partial charge in [0.1, 0.15) is 4.75 Å². The zero-order valence-electron chi connectivity index (χ0n) is 13.9. The number of rotatable bonds is 4. The first kappa shape index (κ1) is 16.5. The molecular weight excluding hydrogens is 318 g/mol.